The molecule has 0 saturated carbocycles. The van der Waals surface area contributed by atoms with Crippen molar-refractivity contribution in [2.75, 3.05) is 5.32 Å². The quantitative estimate of drug-likeness (QED) is 0.817. The van der Waals surface area contributed by atoms with Crippen LogP contribution in [0.2, 0.25) is 10.0 Å². The number of halogens is 3. The molecule has 1 N–H and O–H groups in total. The molecule has 21 heavy (non-hydrogen) atoms. The van der Waals surface area contributed by atoms with E-state index in [1.165, 1.54) is 12.3 Å². The van der Waals surface area contributed by atoms with Gasteiger partial charge in [-0.1, -0.05) is 27.7 Å². The van der Waals surface area contributed by atoms with Crippen LogP contribution in [0.1, 0.15) is 16.1 Å². The number of amides is 1. The van der Waals surface area contributed by atoms with Gasteiger partial charge in [0.2, 0.25) is 0 Å². The van der Waals surface area contributed by atoms with E-state index in [9.17, 15) is 13.2 Å². The van der Waals surface area contributed by atoms with Crippen LogP contribution in [0.3, 0.4) is 0 Å². The molecular formula is C10H6Cl3N3O3S2. The zero-order chi connectivity index (χ0) is 15.8. The summed E-state index contributed by atoms with van der Waals surface area (Å²) in [6.45, 7) is 1.45. The molecule has 0 fully saturated rings. The number of carbonyl (C=O) groups is 1. The third kappa shape index (κ3) is 3.46. The molecule has 0 aliphatic carbocycles. The Hall–Kier alpha value is -0.930. The lowest BCUT2D eigenvalue weighted by atomic mass is 10.2. The molecule has 2 rings (SSSR count). The second-order valence-electron chi connectivity index (χ2n) is 3.85. The standard InChI is InChI=1S/C10H6Cl3N3O3S2/c1-4-7(21(13,18)19)2-5(11)9(8(4)12)14-10(17)6-3-20-16-15-6/h2-3H,1H3,(H,14,17). The minimum Gasteiger partial charge on any atom is -0.318 e. The molecule has 0 bridgehead atoms. The largest absolute Gasteiger partial charge is 0.318 e. The van der Waals surface area contributed by atoms with E-state index in [0.29, 0.717) is 0 Å². The number of hydrogen-bond acceptors (Lipinski definition) is 6. The Balaban J connectivity index is 2.47. The van der Waals surface area contributed by atoms with Crippen molar-refractivity contribution in [1.29, 1.82) is 0 Å². The predicted molar refractivity (Wildman–Crippen MR) is 82.1 cm³/mol. The molecule has 1 amide bonds. The second-order valence-corrected chi connectivity index (χ2v) is 7.78. The lowest BCUT2D eigenvalue weighted by molar-refractivity contribution is 0.102. The third-order valence-electron chi connectivity index (χ3n) is 2.51. The molecule has 112 valence electrons. The summed E-state index contributed by atoms with van der Waals surface area (Å²) in [7, 11) is 1.30. The lowest BCUT2D eigenvalue weighted by Gasteiger charge is -2.13. The number of nitrogens with one attached hydrogen (secondary N) is 1. The average molecular weight is 387 g/mol. The lowest BCUT2D eigenvalue weighted by Crippen LogP contribution is -2.14. The summed E-state index contributed by atoms with van der Waals surface area (Å²) in [4.78, 5) is 11.7. The molecule has 0 aliphatic rings. The van der Waals surface area contributed by atoms with Gasteiger partial charge in [0.25, 0.3) is 15.0 Å². The van der Waals surface area contributed by atoms with Crippen molar-refractivity contribution in [1.82, 2.24) is 9.59 Å². The van der Waals surface area contributed by atoms with Gasteiger partial charge in [0.1, 0.15) is 0 Å². The Morgan fingerprint density at radius 2 is 2.05 bits per heavy atom. The Morgan fingerprint density at radius 1 is 1.38 bits per heavy atom. The number of hydrogen-bond donors (Lipinski definition) is 1. The molecule has 2 aromatic rings. The highest BCUT2D eigenvalue weighted by Crippen LogP contribution is 2.38. The van der Waals surface area contributed by atoms with Gasteiger partial charge in [0.15, 0.2) is 5.69 Å². The number of anilines is 1. The second kappa shape index (κ2) is 6.05. The summed E-state index contributed by atoms with van der Waals surface area (Å²) in [6.07, 6.45) is 0. The Kier molecular flexibility index (Phi) is 4.74. The number of rotatable bonds is 3. The first-order chi connectivity index (χ1) is 9.71. The van der Waals surface area contributed by atoms with E-state index in [1.54, 1.807) is 0 Å². The van der Waals surface area contributed by atoms with Crippen LogP contribution in [0.5, 0.6) is 0 Å². The van der Waals surface area contributed by atoms with Gasteiger partial charge >= 0.3 is 0 Å². The number of aromatic nitrogens is 2. The highest BCUT2D eigenvalue weighted by Gasteiger charge is 2.22. The highest BCUT2D eigenvalue weighted by atomic mass is 35.7. The van der Waals surface area contributed by atoms with Crippen LogP contribution < -0.4 is 5.32 Å². The molecule has 0 radical (unpaired) electrons. The van der Waals surface area contributed by atoms with Crippen LogP contribution >= 0.6 is 45.4 Å². The maximum Gasteiger partial charge on any atom is 0.277 e. The van der Waals surface area contributed by atoms with E-state index in [1.807, 2.05) is 0 Å². The molecule has 0 aliphatic heterocycles. The van der Waals surface area contributed by atoms with Gasteiger partial charge in [-0.3, -0.25) is 4.79 Å². The molecule has 0 atom stereocenters. The molecular weight excluding hydrogens is 381 g/mol. The minimum absolute atomic E-state index is 0.0155. The van der Waals surface area contributed by atoms with Gasteiger partial charge in [-0.15, -0.1) is 5.10 Å². The van der Waals surface area contributed by atoms with Crippen molar-refractivity contribution < 1.29 is 13.2 Å². The summed E-state index contributed by atoms with van der Waals surface area (Å²) in [6, 6.07) is 1.13. The fourth-order valence-corrected chi connectivity index (χ4v) is 3.82. The highest BCUT2D eigenvalue weighted by molar-refractivity contribution is 8.13. The van der Waals surface area contributed by atoms with Gasteiger partial charge < -0.3 is 5.32 Å². The van der Waals surface area contributed by atoms with E-state index < -0.39 is 15.0 Å². The van der Waals surface area contributed by atoms with E-state index in [0.717, 1.165) is 17.6 Å². The summed E-state index contributed by atoms with van der Waals surface area (Å²) in [5.41, 5.74) is 0.361. The topological polar surface area (TPSA) is 89.0 Å². The first-order valence-electron chi connectivity index (χ1n) is 5.23. The van der Waals surface area contributed by atoms with Crippen LogP contribution in [-0.2, 0) is 9.05 Å². The fraction of sp³-hybridized carbons (Fsp3) is 0.100. The van der Waals surface area contributed by atoms with E-state index in [4.69, 9.17) is 33.9 Å². The SMILES string of the molecule is Cc1c(S(=O)(=O)Cl)cc(Cl)c(NC(=O)c2csnn2)c1Cl. The van der Waals surface area contributed by atoms with Crippen molar-refractivity contribution in [3.05, 3.63) is 32.7 Å². The van der Waals surface area contributed by atoms with Gasteiger partial charge in [-0.2, -0.15) is 0 Å². The molecule has 1 aromatic heterocycles. The number of nitrogens with zero attached hydrogens (tertiary/aromatic N) is 2. The first-order valence-corrected chi connectivity index (χ1v) is 9.13. The molecule has 0 saturated heterocycles. The smallest absolute Gasteiger partial charge is 0.277 e. The van der Waals surface area contributed by atoms with Crippen molar-refractivity contribution in [3.8, 4) is 0 Å². The van der Waals surface area contributed by atoms with E-state index >= 15 is 0 Å². The molecule has 0 spiro atoms. The van der Waals surface area contributed by atoms with Crippen molar-refractivity contribution in [2.24, 2.45) is 0 Å². The Labute approximate surface area is 138 Å². The van der Waals surface area contributed by atoms with Crippen LogP contribution in [0, 0.1) is 6.92 Å². The van der Waals surface area contributed by atoms with Crippen LogP contribution in [0.15, 0.2) is 16.3 Å². The maximum absolute atomic E-state index is 11.9. The van der Waals surface area contributed by atoms with Crippen LogP contribution in [0.25, 0.3) is 0 Å². The Morgan fingerprint density at radius 3 is 2.57 bits per heavy atom. The molecule has 1 heterocycles. The van der Waals surface area contributed by atoms with E-state index in [2.05, 4.69) is 14.9 Å². The van der Waals surface area contributed by atoms with Crippen LogP contribution in [0.4, 0.5) is 5.69 Å². The normalized spacial score (nSPS) is 11.4. The Bertz CT molecular complexity index is 807. The summed E-state index contributed by atoms with van der Waals surface area (Å²) in [5, 5.41) is 7.44. The molecule has 0 unspecified atom stereocenters. The molecule has 11 heteroatoms. The summed E-state index contributed by atoms with van der Waals surface area (Å²) < 4.78 is 26.4. The first kappa shape index (κ1) is 16.4. The van der Waals surface area contributed by atoms with Gasteiger partial charge in [-0.25, -0.2) is 8.42 Å². The van der Waals surface area contributed by atoms with Gasteiger partial charge in [0.05, 0.1) is 20.6 Å². The van der Waals surface area contributed by atoms with Crippen molar-refractivity contribution in [3.63, 3.8) is 0 Å². The van der Waals surface area contributed by atoms with Crippen molar-refractivity contribution >= 4 is 66.1 Å². The molecule has 1 aromatic carbocycles. The summed E-state index contributed by atoms with van der Waals surface area (Å²) in [5.74, 6) is -0.562. The minimum atomic E-state index is -4.00. The van der Waals surface area contributed by atoms with E-state index in [-0.39, 0.29) is 31.9 Å². The van der Waals surface area contributed by atoms with Gasteiger partial charge in [0, 0.05) is 16.1 Å². The predicted octanol–water partition coefficient (Wildman–Crippen LogP) is 3.33. The van der Waals surface area contributed by atoms with Crippen LogP contribution in [-0.4, -0.2) is 23.9 Å². The number of carbonyl (C=O) groups excluding carboxylic acids is 1. The van der Waals surface area contributed by atoms with Crippen molar-refractivity contribution in [2.45, 2.75) is 11.8 Å². The molecule has 6 nitrogen and oxygen atoms in total. The third-order valence-corrected chi connectivity index (χ3v) is 5.23. The maximum atomic E-state index is 11.9. The zero-order valence-corrected chi connectivity index (χ0v) is 14.1. The monoisotopic (exact) mass is 385 g/mol. The fourth-order valence-electron chi connectivity index (χ4n) is 1.50. The van der Waals surface area contributed by atoms with Gasteiger partial charge in [-0.05, 0) is 30.1 Å². The number of benzene rings is 1. The summed E-state index contributed by atoms with van der Waals surface area (Å²) >= 11 is 13.0. The average Bonchev–Trinajstić information content (AvgIpc) is 2.91. The zero-order valence-electron chi connectivity index (χ0n) is 10.2.